The minimum absolute atomic E-state index is 0.0251. The Bertz CT molecular complexity index is 2720. The lowest BCUT2D eigenvalue weighted by atomic mass is 9.98. The van der Waals surface area contributed by atoms with E-state index in [9.17, 15) is 24.0 Å². The van der Waals surface area contributed by atoms with Gasteiger partial charge in [0.15, 0.2) is 41.8 Å². The molecule has 1 amide bonds. The molecular weight excluding hydrogens is 1060 g/mol. The monoisotopic (exact) mass is 1130 g/mol. The van der Waals surface area contributed by atoms with E-state index >= 15 is 0 Å². The number of esters is 2. The van der Waals surface area contributed by atoms with Crippen LogP contribution < -0.4 is 10.2 Å². The number of ether oxygens (including phenoxy) is 8. The summed E-state index contributed by atoms with van der Waals surface area (Å²) in [4.78, 5) is 78.1. The SMILES string of the molecule is CC(C)(C)OC(=O)OC(=O)OC(C)(C)C.CC[C@H]1O[C@@H](n2ncc3c(N(C(=O)OC(C)(C)C)C4CCCC4)nc(Cl)nc32)C(OC(C)=O)[C@@H]1C.CC[C@H]1O[C@@H](n2ncc3c(NC4CCCC4)nc(Cl)nc32)C(OC(C)=O)[C@@H]1C. The van der Waals surface area contributed by atoms with Gasteiger partial charge in [0.2, 0.25) is 10.6 Å². The summed E-state index contributed by atoms with van der Waals surface area (Å²) in [7, 11) is 0. The molecule has 78 heavy (non-hydrogen) atoms. The average molecular weight is 1130 g/mol. The molecule has 6 heterocycles. The van der Waals surface area contributed by atoms with Gasteiger partial charge in [-0.3, -0.25) is 14.5 Å². The molecular formula is C53H78Cl2N10O13. The highest BCUT2D eigenvalue weighted by molar-refractivity contribution is 6.29. The number of nitrogens with zero attached hydrogens (tertiary/aromatic N) is 9. The lowest BCUT2D eigenvalue weighted by Gasteiger charge is -2.31. The van der Waals surface area contributed by atoms with Gasteiger partial charge in [-0.15, -0.1) is 0 Å². The summed E-state index contributed by atoms with van der Waals surface area (Å²) in [6.07, 6.45) is 8.32. The van der Waals surface area contributed by atoms with Crippen LogP contribution >= 0.6 is 23.2 Å². The second kappa shape index (κ2) is 25.6. The fourth-order valence-electron chi connectivity index (χ4n) is 9.95. The van der Waals surface area contributed by atoms with Crippen LogP contribution in [-0.4, -0.2) is 123 Å². The fraction of sp³-hybridized carbons (Fsp3) is 0.717. The molecule has 8 atom stereocenters. The van der Waals surface area contributed by atoms with Crippen molar-refractivity contribution >= 4 is 87.2 Å². The van der Waals surface area contributed by atoms with Crippen molar-refractivity contribution in [1.29, 1.82) is 0 Å². The van der Waals surface area contributed by atoms with E-state index in [0.717, 1.165) is 56.8 Å². The normalized spacial score (nSPS) is 23.7. The zero-order valence-electron chi connectivity index (χ0n) is 47.6. The van der Waals surface area contributed by atoms with E-state index in [-0.39, 0.29) is 46.6 Å². The maximum Gasteiger partial charge on any atom is 0.519 e. The van der Waals surface area contributed by atoms with E-state index < -0.39 is 65.8 Å². The highest BCUT2D eigenvalue weighted by atomic mass is 35.5. The van der Waals surface area contributed by atoms with Gasteiger partial charge < -0.3 is 43.2 Å². The predicted molar refractivity (Wildman–Crippen MR) is 289 cm³/mol. The molecule has 25 heteroatoms. The van der Waals surface area contributed by atoms with Crippen LogP contribution in [0.2, 0.25) is 10.6 Å². The number of carbonyl (C=O) groups is 5. The van der Waals surface area contributed by atoms with Crippen molar-refractivity contribution in [3.05, 3.63) is 23.0 Å². The lowest BCUT2D eigenvalue weighted by Crippen LogP contribution is -2.43. The molecule has 2 saturated heterocycles. The minimum Gasteiger partial charge on any atom is -0.457 e. The fourth-order valence-corrected chi connectivity index (χ4v) is 10.3. The van der Waals surface area contributed by atoms with Gasteiger partial charge in [-0.25, -0.2) is 23.7 Å². The Balaban J connectivity index is 0.000000205. The number of halogens is 2. The van der Waals surface area contributed by atoms with Crippen LogP contribution in [0.4, 0.5) is 26.0 Å². The van der Waals surface area contributed by atoms with Crippen molar-refractivity contribution in [3.8, 4) is 0 Å². The van der Waals surface area contributed by atoms with Crippen LogP contribution in [0.25, 0.3) is 22.1 Å². The molecule has 4 aromatic heterocycles. The van der Waals surface area contributed by atoms with Crippen molar-refractivity contribution in [1.82, 2.24) is 39.5 Å². The molecule has 2 aliphatic carbocycles. The Morgan fingerprint density at radius 3 is 1.50 bits per heavy atom. The zero-order valence-corrected chi connectivity index (χ0v) is 49.1. The van der Waals surface area contributed by atoms with Crippen LogP contribution in [0.15, 0.2) is 12.4 Å². The van der Waals surface area contributed by atoms with Crippen LogP contribution in [-0.2, 0) is 47.5 Å². The van der Waals surface area contributed by atoms with E-state index in [1.165, 1.54) is 26.7 Å². The first-order valence-electron chi connectivity index (χ1n) is 26.9. The molecule has 0 aromatic carbocycles. The number of aromatic nitrogens is 8. The molecule has 4 aromatic rings. The summed E-state index contributed by atoms with van der Waals surface area (Å²) >= 11 is 12.6. The molecule has 4 aliphatic rings. The number of amides is 1. The third-order valence-electron chi connectivity index (χ3n) is 13.3. The molecule has 0 radical (unpaired) electrons. The van der Waals surface area contributed by atoms with Crippen molar-refractivity contribution in [2.24, 2.45) is 11.8 Å². The molecule has 8 rings (SSSR count). The van der Waals surface area contributed by atoms with E-state index in [1.807, 2.05) is 41.5 Å². The highest BCUT2D eigenvalue weighted by Gasteiger charge is 2.47. The van der Waals surface area contributed by atoms with Gasteiger partial charge in [0, 0.05) is 37.8 Å². The summed E-state index contributed by atoms with van der Waals surface area (Å²) in [6, 6.07) is 0.321. The molecule has 23 nitrogen and oxygen atoms in total. The Hall–Kier alpha value is -5.65. The average Bonchev–Trinajstić information content (AvgIpc) is 4.34. The molecule has 2 saturated carbocycles. The van der Waals surface area contributed by atoms with Crippen molar-refractivity contribution < 1.29 is 61.9 Å². The van der Waals surface area contributed by atoms with Crippen molar-refractivity contribution in [3.63, 3.8) is 0 Å². The number of rotatable bonds is 10. The van der Waals surface area contributed by atoms with Gasteiger partial charge >= 0.3 is 30.3 Å². The molecule has 0 bridgehead atoms. The first kappa shape index (κ1) is 61.6. The summed E-state index contributed by atoms with van der Waals surface area (Å²) < 4.78 is 46.5. The van der Waals surface area contributed by atoms with Crippen LogP contribution in [0.3, 0.4) is 0 Å². The van der Waals surface area contributed by atoms with Crippen molar-refractivity contribution in [2.45, 2.75) is 234 Å². The topological polar surface area (TPSA) is 262 Å². The standard InChI is InChI=1S/C24H34ClN5O5.C19H26ClN5O3.C10H18O5/c1-7-17-13(2)18(33-14(3)31)21(34-17)30-20-16(12-26-30)19(27-22(25)28-20)29(15-10-8-9-11-15)23(32)35-24(4,5)6;1-4-14-10(2)15(27-11(3)26)18(28-14)25-17-13(9-21-25)16(23-19(20)24-17)22-12-7-5-6-8-12;1-9(2,3)14-7(11)13-8(12)15-10(4,5)6/h12-13,15,17-18,21H,7-11H2,1-6H3;9-10,12,14-15,18H,4-8H2,1-3H3,(H,22,23,24);1-6H3/t13-,17-,18?,21-;10-,14-,15?,18-;/m11./s1. The maximum atomic E-state index is 13.4. The van der Waals surface area contributed by atoms with Gasteiger partial charge in [0.1, 0.15) is 22.6 Å². The number of nitrogens with one attached hydrogen (secondary N) is 1. The second-order valence-electron chi connectivity index (χ2n) is 23.1. The Kier molecular flexibility index (Phi) is 20.2. The lowest BCUT2D eigenvalue weighted by molar-refractivity contribution is -0.154. The third kappa shape index (κ3) is 16.0. The quantitative estimate of drug-likeness (QED) is 0.0669. The maximum absolute atomic E-state index is 13.4. The number of hydrogen-bond acceptors (Lipinski definition) is 20. The molecule has 432 valence electrons. The summed E-state index contributed by atoms with van der Waals surface area (Å²) in [6.45, 7) is 26.4. The van der Waals surface area contributed by atoms with Crippen LogP contribution in [0.1, 0.15) is 181 Å². The first-order chi connectivity index (χ1) is 36.5. The first-order valence-corrected chi connectivity index (χ1v) is 27.6. The second-order valence-corrected chi connectivity index (χ2v) is 23.7. The van der Waals surface area contributed by atoms with Gasteiger partial charge in [-0.1, -0.05) is 53.4 Å². The number of carbonyl (C=O) groups excluding carboxylic acids is 5. The zero-order chi connectivity index (χ0) is 57.6. The Morgan fingerprint density at radius 1 is 0.641 bits per heavy atom. The molecule has 2 unspecified atom stereocenters. The number of anilines is 2. The van der Waals surface area contributed by atoms with Crippen LogP contribution in [0, 0.1) is 11.8 Å². The van der Waals surface area contributed by atoms with Gasteiger partial charge in [0.25, 0.3) is 0 Å². The Labute approximate surface area is 465 Å². The third-order valence-corrected chi connectivity index (χ3v) is 13.6. The van der Waals surface area contributed by atoms with Gasteiger partial charge in [-0.05, 0) is 124 Å². The highest BCUT2D eigenvalue weighted by Crippen LogP contribution is 2.42. The van der Waals surface area contributed by atoms with Gasteiger partial charge in [-0.2, -0.15) is 30.1 Å². The van der Waals surface area contributed by atoms with E-state index in [4.69, 9.17) is 56.4 Å². The predicted octanol–water partition coefficient (Wildman–Crippen LogP) is 11.6. The minimum atomic E-state index is -1.06. The van der Waals surface area contributed by atoms with Gasteiger partial charge in [0.05, 0.1) is 35.4 Å². The number of fused-ring (bicyclic) bond motifs is 2. The van der Waals surface area contributed by atoms with E-state index in [1.54, 1.807) is 68.2 Å². The Morgan fingerprint density at radius 2 is 1.06 bits per heavy atom. The molecule has 2 aliphatic heterocycles. The van der Waals surface area contributed by atoms with Crippen LogP contribution in [0.5, 0.6) is 0 Å². The molecule has 0 spiro atoms. The van der Waals surface area contributed by atoms with E-state index in [0.29, 0.717) is 34.4 Å². The number of hydrogen-bond donors (Lipinski definition) is 1. The summed E-state index contributed by atoms with van der Waals surface area (Å²) in [5.74, 6) is 0.322. The molecule has 1 N–H and O–H groups in total. The largest absolute Gasteiger partial charge is 0.519 e. The smallest absolute Gasteiger partial charge is 0.457 e. The molecule has 4 fully saturated rings. The summed E-state index contributed by atoms with van der Waals surface area (Å²) in [5.41, 5.74) is -1.09. The summed E-state index contributed by atoms with van der Waals surface area (Å²) in [5, 5.41) is 14.0. The van der Waals surface area contributed by atoms with E-state index in [2.05, 4.69) is 47.1 Å². The van der Waals surface area contributed by atoms with Crippen molar-refractivity contribution in [2.75, 3.05) is 10.2 Å².